The molecule has 2 N–H and O–H groups in total. The van der Waals surface area contributed by atoms with Crippen molar-refractivity contribution < 1.29 is 29.3 Å². The number of hydrogen-bond acceptors (Lipinski definition) is 6. The molecule has 0 saturated carbocycles. The molecule has 0 aliphatic heterocycles. The van der Waals surface area contributed by atoms with E-state index in [1.165, 1.54) is 0 Å². The van der Waals surface area contributed by atoms with Crippen molar-refractivity contribution in [3.05, 3.63) is 70.8 Å². The fourth-order valence-corrected chi connectivity index (χ4v) is 2.65. The Bertz CT molecular complexity index is 766. The molecule has 2 aromatic rings. The third-order valence-corrected chi connectivity index (χ3v) is 4.62. The van der Waals surface area contributed by atoms with Gasteiger partial charge in [0.2, 0.25) is 0 Å². The van der Waals surface area contributed by atoms with Crippen LogP contribution < -0.4 is 0 Å². The standard InChI is InChI=1S/C24H30O4.C2H6O2/c1-23(2,3)19-11-7-17(8-12-19)21(25)27-15-16-28-22(26)18-9-13-20(14-10-18)24(4,5)6;3-1-2-4/h7-14H,15-16H2,1-6H3;3-4H,1-2H2. The van der Waals surface area contributed by atoms with Gasteiger partial charge in [0, 0.05) is 0 Å². The Morgan fingerprint density at radius 2 is 0.906 bits per heavy atom. The lowest BCUT2D eigenvalue weighted by molar-refractivity contribution is 0.0265. The van der Waals surface area contributed by atoms with Gasteiger partial charge in [0.15, 0.2) is 0 Å². The fraction of sp³-hybridized carbons (Fsp3) is 0.462. The number of hydrogen-bond donors (Lipinski definition) is 2. The van der Waals surface area contributed by atoms with E-state index in [9.17, 15) is 9.59 Å². The van der Waals surface area contributed by atoms with Crippen molar-refractivity contribution in [2.75, 3.05) is 26.4 Å². The van der Waals surface area contributed by atoms with Gasteiger partial charge in [0.25, 0.3) is 0 Å². The van der Waals surface area contributed by atoms with Crippen molar-refractivity contribution in [1.82, 2.24) is 0 Å². The normalized spacial score (nSPS) is 11.2. The molecule has 0 radical (unpaired) electrons. The second kappa shape index (κ2) is 12.4. The number of carbonyl (C=O) groups is 2. The van der Waals surface area contributed by atoms with Crippen molar-refractivity contribution in [2.24, 2.45) is 0 Å². The van der Waals surface area contributed by atoms with Gasteiger partial charge in [-0.25, -0.2) is 9.59 Å². The molecule has 2 aromatic carbocycles. The largest absolute Gasteiger partial charge is 0.458 e. The van der Waals surface area contributed by atoms with E-state index in [0.717, 1.165) is 11.1 Å². The lowest BCUT2D eigenvalue weighted by Gasteiger charge is -2.19. The highest BCUT2D eigenvalue weighted by atomic mass is 16.6. The minimum Gasteiger partial charge on any atom is -0.458 e. The lowest BCUT2D eigenvalue weighted by Crippen LogP contribution is -2.15. The molecule has 0 atom stereocenters. The van der Waals surface area contributed by atoms with Gasteiger partial charge < -0.3 is 19.7 Å². The van der Waals surface area contributed by atoms with E-state index in [2.05, 4.69) is 41.5 Å². The number of esters is 2. The maximum Gasteiger partial charge on any atom is 0.338 e. The lowest BCUT2D eigenvalue weighted by atomic mass is 9.87. The van der Waals surface area contributed by atoms with Gasteiger partial charge in [-0.15, -0.1) is 0 Å². The van der Waals surface area contributed by atoms with Crippen LogP contribution >= 0.6 is 0 Å². The van der Waals surface area contributed by atoms with Crippen LogP contribution in [0.1, 0.15) is 73.4 Å². The van der Waals surface area contributed by atoms with Crippen LogP contribution in [0.4, 0.5) is 0 Å². The Hall–Kier alpha value is -2.70. The summed E-state index contributed by atoms with van der Waals surface area (Å²) in [4.78, 5) is 24.2. The van der Waals surface area contributed by atoms with Gasteiger partial charge in [-0.3, -0.25) is 0 Å². The summed E-state index contributed by atoms with van der Waals surface area (Å²) in [5, 5.41) is 15.2. The average molecular weight is 445 g/mol. The Kier molecular flexibility index (Phi) is 10.6. The van der Waals surface area contributed by atoms with Crippen LogP contribution in [-0.4, -0.2) is 48.6 Å². The summed E-state index contributed by atoms with van der Waals surface area (Å²) in [6.45, 7) is 12.5. The minimum absolute atomic E-state index is 0.0195. The molecule has 0 bridgehead atoms. The topological polar surface area (TPSA) is 93.1 Å². The zero-order chi connectivity index (χ0) is 24.4. The first-order valence-corrected chi connectivity index (χ1v) is 10.7. The Morgan fingerprint density at radius 1 is 0.625 bits per heavy atom. The molecule has 0 aromatic heterocycles. The van der Waals surface area contributed by atoms with Gasteiger partial charge in [0.1, 0.15) is 13.2 Å². The van der Waals surface area contributed by atoms with Gasteiger partial charge in [0.05, 0.1) is 24.3 Å². The van der Waals surface area contributed by atoms with E-state index in [-0.39, 0.29) is 37.3 Å². The predicted molar refractivity (Wildman–Crippen MR) is 125 cm³/mol. The third-order valence-electron chi connectivity index (χ3n) is 4.62. The number of rotatable bonds is 6. The first-order chi connectivity index (χ1) is 14.9. The van der Waals surface area contributed by atoms with Gasteiger partial charge in [-0.2, -0.15) is 0 Å². The summed E-state index contributed by atoms with van der Waals surface area (Å²) in [5.74, 6) is -0.850. The second-order valence-corrected chi connectivity index (χ2v) is 9.37. The molecule has 0 aliphatic carbocycles. The van der Waals surface area contributed by atoms with Crippen LogP contribution in [-0.2, 0) is 20.3 Å². The van der Waals surface area contributed by atoms with Crippen molar-refractivity contribution >= 4 is 11.9 Å². The highest BCUT2D eigenvalue weighted by Gasteiger charge is 2.16. The van der Waals surface area contributed by atoms with Crippen LogP contribution in [0, 0.1) is 0 Å². The molecule has 6 nitrogen and oxygen atoms in total. The molecule has 2 rings (SSSR count). The summed E-state index contributed by atoms with van der Waals surface area (Å²) < 4.78 is 10.4. The van der Waals surface area contributed by atoms with Crippen molar-refractivity contribution in [2.45, 2.75) is 52.4 Å². The molecule has 0 aliphatic rings. The zero-order valence-electron chi connectivity index (χ0n) is 20.0. The highest BCUT2D eigenvalue weighted by Crippen LogP contribution is 2.23. The third kappa shape index (κ3) is 9.20. The van der Waals surface area contributed by atoms with Crippen LogP contribution in [0.5, 0.6) is 0 Å². The minimum atomic E-state index is -0.425. The van der Waals surface area contributed by atoms with E-state index in [1.54, 1.807) is 24.3 Å². The number of ether oxygens (including phenoxy) is 2. The molecule has 6 heteroatoms. The maximum atomic E-state index is 12.1. The van der Waals surface area contributed by atoms with Crippen LogP contribution in [0.15, 0.2) is 48.5 Å². The Labute approximate surface area is 191 Å². The van der Waals surface area contributed by atoms with Crippen LogP contribution in [0.2, 0.25) is 0 Å². The quantitative estimate of drug-likeness (QED) is 0.511. The molecule has 32 heavy (non-hydrogen) atoms. The second-order valence-electron chi connectivity index (χ2n) is 9.37. The number of aliphatic hydroxyl groups is 2. The van der Waals surface area contributed by atoms with Gasteiger partial charge in [-0.1, -0.05) is 65.8 Å². The number of benzene rings is 2. The van der Waals surface area contributed by atoms with Crippen LogP contribution in [0.3, 0.4) is 0 Å². The smallest absolute Gasteiger partial charge is 0.338 e. The van der Waals surface area contributed by atoms with E-state index in [1.807, 2.05) is 24.3 Å². The number of aliphatic hydroxyl groups excluding tert-OH is 2. The summed E-state index contributed by atoms with van der Waals surface area (Å²) in [6.07, 6.45) is 0. The monoisotopic (exact) mass is 444 g/mol. The molecule has 176 valence electrons. The van der Waals surface area contributed by atoms with E-state index >= 15 is 0 Å². The molecule has 0 saturated heterocycles. The average Bonchev–Trinajstić information content (AvgIpc) is 2.75. The molecule has 0 unspecified atom stereocenters. The van der Waals surface area contributed by atoms with E-state index in [4.69, 9.17) is 19.7 Å². The number of carbonyl (C=O) groups excluding carboxylic acids is 2. The molecular weight excluding hydrogens is 408 g/mol. The molecular formula is C26H36O6. The maximum absolute atomic E-state index is 12.1. The van der Waals surface area contributed by atoms with Crippen LogP contribution in [0.25, 0.3) is 0 Å². The van der Waals surface area contributed by atoms with Gasteiger partial charge >= 0.3 is 11.9 Å². The molecule has 0 amide bonds. The van der Waals surface area contributed by atoms with Crippen molar-refractivity contribution in [3.63, 3.8) is 0 Å². The molecule has 0 heterocycles. The SMILES string of the molecule is CC(C)(C)c1ccc(C(=O)OCCOC(=O)c2ccc(C(C)(C)C)cc2)cc1.OCCO. The molecule has 0 spiro atoms. The fourth-order valence-electron chi connectivity index (χ4n) is 2.65. The Balaban J connectivity index is 0.00000118. The molecule has 0 fully saturated rings. The van der Waals surface area contributed by atoms with Crippen molar-refractivity contribution in [3.8, 4) is 0 Å². The zero-order valence-corrected chi connectivity index (χ0v) is 20.0. The first kappa shape index (κ1) is 27.3. The first-order valence-electron chi connectivity index (χ1n) is 10.7. The van der Waals surface area contributed by atoms with Gasteiger partial charge in [-0.05, 0) is 46.2 Å². The predicted octanol–water partition coefficient (Wildman–Crippen LogP) is 4.27. The summed E-state index contributed by atoms with van der Waals surface area (Å²) in [5.41, 5.74) is 3.32. The van der Waals surface area contributed by atoms with Crippen molar-refractivity contribution in [1.29, 1.82) is 0 Å². The Morgan fingerprint density at radius 3 is 1.12 bits per heavy atom. The summed E-state index contributed by atoms with van der Waals surface area (Å²) in [6, 6.07) is 14.7. The van der Waals surface area contributed by atoms with E-state index < -0.39 is 11.9 Å². The summed E-state index contributed by atoms with van der Waals surface area (Å²) >= 11 is 0. The summed E-state index contributed by atoms with van der Waals surface area (Å²) in [7, 11) is 0. The highest BCUT2D eigenvalue weighted by molar-refractivity contribution is 5.90. The van der Waals surface area contributed by atoms with E-state index in [0.29, 0.717) is 11.1 Å².